The number of non-ortho nitro benzene ring substituents is 1. The minimum absolute atomic E-state index is 0.0668. The lowest BCUT2D eigenvalue weighted by Gasteiger charge is -2.32. The van der Waals surface area contributed by atoms with Crippen molar-refractivity contribution < 1.29 is 14.5 Å². The molecule has 0 radical (unpaired) electrons. The number of likely N-dealkylation sites (tertiary alicyclic amines) is 1. The largest absolute Gasteiger partial charge is 0.352 e. The fourth-order valence-corrected chi connectivity index (χ4v) is 3.26. The highest BCUT2D eigenvalue weighted by atomic mass is 16.6. The molecule has 1 aromatic carbocycles. The van der Waals surface area contributed by atoms with Crippen molar-refractivity contribution in [3.8, 4) is 0 Å². The zero-order valence-corrected chi connectivity index (χ0v) is 15.9. The SMILES string of the molecule is O=C(CNC(=O)c1cccc([N+](=O)[O-])c1)NC1CCN(Cc2ccccn2)CC1. The Balaban J connectivity index is 1.39. The van der Waals surface area contributed by atoms with Crippen molar-refractivity contribution in [3.05, 3.63) is 70.0 Å². The van der Waals surface area contributed by atoms with Gasteiger partial charge in [0.15, 0.2) is 0 Å². The van der Waals surface area contributed by atoms with E-state index >= 15 is 0 Å². The Kier molecular flexibility index (Phi) is 6.85. The van der Waals surface area contributed by atoms with Crippen LogP contribution in [0.2, 0.25) is 0 Å². The molecule has 2 heterocycles. The number of pyridine rings is 1. The molecule has 2 amide bonds. The molecule has 9 heteroatoms. The minimum Gasteiger partial charge on any atom is -0.352 e. The molecule has 0 bridgehead atoms. The summed E-state index contributed by atoms with van der Waals surface area (Å²) in [5, 5.41) is 16.2. The summed E-state index contributed by atoms with van der Waals surface area (Å²) in [5.41, 5.74) is 1.01. The summed E-state index contributed by atoms with van der Waals surface area (Å²) in [5.74, 6) is -0.791. The van der Waals surface area contributed by atoms with Crippen LogP contribution in [0.5, 0.6) is 0 Å². The van der Waals surface area contributed by atoms with Gasteiger partial charge in [-0.05, 0) is 31.0 Å². The zero-order valence-electron chi connectivity index (χ0n) is 15.9. The number of nitro groups is 1. The van der Waals surface area contributed by atoms with E-state index in [1.54, 1.807) is 6.20 Å². The van der Waals surface area contributed by atoms with Gasteiger partial charge in [-0.25, -0.2) is 0 Å². The van der Waals surface area contributed by atoms with E-state index in [1.807, 2.05) is 18.2 Å². The first-order valence-corrected chi connectivity index (χ1v) is 9.45. The first-order chi connectivity index (χ1) is 14.0. The lowest BCUT2D eigenvalue weighted by atomic mass is 10.0. The number of carbonyl (C=O) groups excluding carboxylic acids is 2. The molecular formula is C20H23N5O4. The van der Waals surface area contributed by atoms with E-state index in [1.165, 1.54) is 24.3 Å². The van der Waals surface area contributed by atoms with Crippen molar-refractivity contribution in [3.63, 3.8) is 0 Å². The van der Waals surface area contributed by atoms with Gasteiger partial charge in [0.05, 0.1) is 17.2 Å². The molecule has 1 fully saturated rings. The molecule has 1 aromatic heterocycles. The molecule has 0 saturated carbocycles. The van der Waals surface area contributed by atoms with E-state index in [0.29, 0.717) is 0 Å². The van der Waals surface area contributed by atoms with Crippen LogP contribution in [-0.4, -0.2) is 52.3 Å². The third-order valence-corrected chi connectivity index (χ3v) is 4.79. The molecule has 2 N–H and O–H groups in total. The number of amides is 2. The molecule has 1 aliphatic rings. The van der Waals surface area contributed by atoms with Gasteiger partial charge in [-0.2, -0.15) is 0 Å². The molecule has 0 unspecified atom stereocenters. The number of hydrogen-bond donors (Lipinski definition) is 2. The van der Waals surface area contributed by atoms with E-state index in [-0.39, 0.29) is 29.7 Å². The van der Waals surface area contributed by atoms with Crippen LogP contribution in [0.15, 0.2) is 48.7 Å². The van der Waals surface area contributed by atoms with Crippen molar-refractivity contribution in [2.75, 3.05) is 19.6 Å². The number of nitrogens with one attached hydrogen (secondary N) is 2. The van der Waals surface area contributed by atoms with Crippen LogP contribution in [0.25, 0.3) is 0 Å². The highest BCUT2D eigenvalue weighted by molar-refractivity contribution is 5.96. The number of nitrogens with zero attached hydrogens (tertiary/aromatic N) is 3. The summed E-state index contributed by atoms with van der Waals surface area (Å²) in [7, 11) is 0. The molecule has 0 aliphatic carbocycles. The molecule has 0 spiro atoms. The second-order valence-corrected chi connectivity index (χ2v) is 6.93. The molecule has 152 valence electrons. The van der Waals surface area contributed by atoms with Crippen LogP contribution in [-0.2, 0) is 11.3 Å². The van der Waals surface area contributed by atoms with Gasteiger partial charge in [-0.15, -0.1) is 0 Å². The van der Waals surface area contributed by atoms with E-state index in [9.17, 15) is 19.7 Å². The molecule has 29 heavy (non-hydrogen) atoms. The number of piperidine rings is 1. The summed E-state index contributed by atoms with van der Waals surface area (Å²) in [6.07, 6.45) is 3.44. The number of benzene rings is 1. The Morgan fingerprint density at radius 3 is 2.66 bits per heavy atom. The quantitative estimate of drug-likeness (QED) is 0.540. The maximum atomic E-state index is 12.1. The van der Waals surface area contributed by atoms with Gasteiger partial charge < -0.3 is 10.6 Å². The lowest BCUT2D eigenvalue weighted by Crippen LogP contribution is -2.47. The summed E-state index contributed by atoms with van der Waals surface area (Å²) < 4.78 is 0. The third-order valence-electron chi connectivity index (χ3n) is 4.79. The van der Waals surface area contributed by atoms with Crippen LogP contribution in [0, 0.1) is 10.1 Å². The fourth-order valence-electron chi connectivity index (χ4n) is 3.26. The number of rotatable bonds is 7. The normalized spacial score (nSPS) is 14.9. The summed E-state index contributed by atoms with van der Waals surface area (Å²) >= 11 is 0. The maximum absolute atomic E-state index is 12.1. The molecule has 9 nitrogen and oxygen atoms in total. The number of carbonyl (C=O) groups is 2. The first kappa shape index (κ1) is 20.4. The van der Waals surface area contributed by atoms with Crippen LogP contribution in [0.3, 0.4) is 0 Å². The Morgan fingerprint density at radius 2 is 1.97 bits per heavy atom. The summed E-state index contributed by atoms with van der Waals surface area (Å²) in [4.78, 5) is 41.1. The Hall–Kier alpha value is -3.33. The molecule has 0 atom stereocenters. The van der Waals surface area contributed by atoms with Crippen LogP contribution >= 0.6 is 0 Å². The van der Waals surface area contributed by atoms with E-state index in [0.717, 1.165) is 38.2 Å². The van der Waals surface area contributed by atoms with Crippen molar-refractivity contribution in [1.29, 1.82) is 0 Å². The van der Waals surface area contributed by atoms with Crippen molar-refractivity contribution >= 4 is 17.5 Å². The second kappa shape index (κ2) is 9.74. The van der Waals surface area contributed by atoms with Crippen molar-refractivity contribution in [2.45, 2.75) is 25.4 Å². The fraction of sp³-hybridized carbons (Fsp3) is 0.350. The maximum Gasteiger partial charge on any atom is 0.270 e. The van der Waals surface area contributed by atoms with Crippen LogP contribution in [0.4, 0.5) is 5.69 Å². The Morgan fingerprint density at radius 1 is 1.17 bits per heavy atom. The van der Waals surface area contributed by atoms with E-state index in [2.05, 4.69) is 20.5 Å². The van der Waals surface area contributed by atoms with Gasteiger partial charge in [-0.3, -0.25) is 29.6 Å². The molecule has 1 aliphatic heterocycles. The second-order valence-electron chi connectivity index (χ2n) is 6.93. The first-order valence-electron chi connectivity index (χ1n) is 9.45. The topological polar surface area (TPSA) is 117 Å². The zero-order chi connectivity index (χ0) is 20.6. The standard InChI is InChI=1S/C20H23N5O4/c26-19(13-22-20(27)15-4-3-6-18(12-15)25(28)29)23-16-7-10-24(11-8-16)14-17-5-1-2-9-21-17/h1-6,9,12,16H,7-8,10-11,13-14H2,(H,22,27)(H,23,26). The highest BCUT2D eigenvalue weighted by Crippen LogP contribution is 2.14. The molecular weight excluding hydrogens is 374 g/mol. The monoisotopic (exact) mass is 397 g/mol. The molecule has 3 rings (SSSR count). The average Bonchev–Trinajstić information content (AvgIpc) is 2.74. The highest BCUT2D eigenvalue weighted by Gasteiger charge is 2.21. The van der Waals surface area contributed by atoms with Gasteiger partial charge in [0.1, 0.15) is 0 Å². The van der Waals surface area contributed by atoms with E-state index in [4.69, 9.17) is 0 Å². The lowest BCUT2D eigenvalue weighted by molar-refractivity contribution is -0.384. The third kappa shape index (κ3) is 6.08. The van der Waals surface area contributed by atoms with Gasteiger partial charge in [0, 0.05) is 49.6 Å². The van der Waals surface area contributed by atoms with Crippen LogP contribution in [0.1, 0.15) is 28.9 Å². The smallest absolute Gasteiger partial charge is 0.270 e. The molecule has 1 saturated heterocycles. The Labute approximate surface area is 168 Å². The van der Waals surface area contributed by atoms with Crippen molar-refractivity contribution in [2.24, 2.45) is 0 Å². The van der Waals surface area contributed by atoms with E-state index < -0.39 is 10.8 Å². The van der Waals surface area contributed by atoms with Crippen LogP contribution < -0.4 is 10.6 Å². The summed E-state index contributed by atoms with van der Waals surface area (Å²) in [6.45, 7) is 2.35. The van der Waals surface area contributed by atoms with Gasteiger partial charge >= 0.3 is 0 Å². The van der Waals surface area contributed by atoms with Crippen molar-refractivity contribution in [1.82, 2.24) is 20.5 Å². The predicted molar refractivity (Wildman–Crippen MR) is 106 cm³/mol. The minimum atomic E-state index is -0.566. The number of hydrogen-bond acceptors (Lipinski definition) is 6. The summed E-state index contributed by atoms with van der Waals surface area (Å²) in [6, 6.07) is 11.3. The number of nitro benzene ring substituents is 1. The Bertz CT molecular complexity index is 866. The number of aromatic nitrogens is 1. The van der Waals surface area contributed by atoms with Gasteiger partial charge in [-0.1, -0.05) is 12.1 Å². The predicted octanol–water partition coefficient (Wildman–Crippen LogP) is 1.50. The van der Waals surface area contributed by atoms with Gasteiger partial charge in [0.2, 0.25) is 5.91 Å². The average molecular weight is 397 g/mol. The molecule has 2 aromatic rings. The van der Waals surface area contributed by atoms with Gasteiger partial charge in [0.25, 0.3) is 11.6 Å².